The van der Waals surface area contributed by atoms with E-state index in [2.05, 4.69) is 20.9 Å². The van der Waals surface area contributed by atoms with E-state index in [0.29, 0.717) is 16.5 Å². The molecule has 0 saturated heterocycles. The van der Waals surface area contributed by atoms with Gasteiger partial charge in [-0.25, -0.2) is 13.8 Å². The molecule has 96 valence electrons. The van der Waals surface area contributed by atoms with E-state index >= 15 is 0 Å². The zero-order chi connectivity index (χ0) is 13.4. The number of fused-ring (bicyclic) bond motifs is 1. The molecule has 1 heterocycles. The maximum absolute atomic E-state index is 13.4. The Morgan fingerprint density at radius 3 is 2.79 bits per heavy atom. The minimum atomic E-state index is -0.344. The summed E-state index contributed by atoms with van der Waals surface area (Å²) in [6, 6.07) is 9.44. The molecular weight excluding hydrogens is 314 g/mol. The predicted octanol–water partition coefficient (Wildman–Crippen LogP) is 4.13. The lowest BCUT2D eigenvalue weighted by atomic mass is 10.2. The Labute approximate surface area is 116 Å². The Morgan fingerprint density at radius 2 is 2.00 bits per heavy atom. The fraction of sp³-hybridized carbons (Fsp3) is 0.0714. The van der Waals surface area contributed by atoms with E-state index < -0.39 is 0 Å². The average Bonchev–Trinajstić information content (AvgIpc) is 2.73. The van der Waals surface area contributed by atoms with Gasteiger partial charge in [0.1, 0.15) is 11.6 Å². The summed E-state index contributed by atoms with van der Waals surface area (Å²) in [5, 5.41) is 0. The largest absolute Gasteiger partial charge is 0.326 e. The fourth-order valence-electron chi connectivity index (χ4n) is 2.01. The van der Waals surface area contributed by atoms with Crippen molar-refractivity contribution < 1.29 is 8.78 Å². The van der Waals surface area contributed by atoms with Gasteiger partial charge in [-0.3, -0.25) is 0 Å². The average molecular weight is 323 g/mol. The van der Waals surface area contributed by atoms with E-state index in [4.69, 9.17) is 0 Å². The van der Waals surface area contributed by atoms with Crippen LogP contribution in [0, 0.1) is 11.6 Å². The lowest BCUT2D eigenvalue weighted by Gasteiger charge is -2.05. The number of nitrogens with zero attached hydrogens (tertiary/aromatic N) is 2. The van der Waals surface area contributed by atoms with Gasteiger partial charge >= 0.3 is 0 Å². The van der Waals surface area contributed by atoms with Crippen molar-refractivity contribution in [3.8, 4) is 0 Å². The first-order chi connectivity index (χ1) is 9.13. The summed E-state index contributed by atoms with van der Waals surface area (Å²) in [5.74, 6) is -0.613. The highest BCUT2D eigenvalue weighted by atomic mass is 79.9. The Bertz CT molecular complexity index is 752. The smallest absolute Gasteiger partial charge is 0.139 e. The highest BCUT2D eigenvalue weighted by molar-refractivity contribution is 9.10. The first-order valence-electron chi connectivity index (χ1n) is 5.68. The maximum Gasteiger partial charge on any atom is 0.139 e. The Morgan fingerprint density at radius 1 is 1.16 bits per heavy atom. The maximum atomic E-state index is 13.4. The second-order valence-electron chi connectivity index (χ2n) is 4.26. The van der Waals surface area contributed by atoms with Crippen molar-refractivity contribution in [1.82, 2.24) is 9.55 Å². The van der Waals surface area contributed by atoms with Gasteiger partial charge in [-0.15, -0.1) is 0 Å². The number of hydrogen-bond donors (Lipinski definition) is 0. The van der Waals surface area contributed by atoms with Crippen LogP contribution in [-0.4, -0.2) is 9.55 Å². The van der Waals surface area contributed by atoms with Crippen LogP contribution in [0.5, 0.6) is 0 Å². The number of aromatic nitrogens is 2. The molecule has 0 radical (unpaired) electrons. The van der Waals surface area contributed by atoms with Crippen LogP contribution in [0.1, 0.15) is 5.56 Å². The third kappa shape index (κ3) is 2.38. The summed E-state index contributed by atoms with van der Waals surface area (Å²) < 4.78 is 28.8. The summed E-state index contributed by atoms with van der Waals surface area (Å²) in [6.07, 6.45) is 1.63. The van der Waals surface area contributed by atoms with Gasteiger partial charge in [-0.05, 0) is 39.7 Å². The standard InChI is InChI=1S/C14H9BrF2N2/c15-11-5-14-13(6-12(11)17)18-8-19(14)7-9-2-1-3-10(16)4-9/h1-6,8H,7H2. The van der Waals surface area contributed by atoms with Crippen LogP contribution in [-0.2, 0) is 6.54 Å². The van der Waals surface area contributed by atoms with Gasteiger partial charge in [0.05, 0.1) is 21.8 Å². The summed E-state index contributed by atoms with van der Waals surface area (Å²) in [7, 11) is 0. The minimum absolute atomic E-state index is 0.269. The van der Waals surface area contributed by atoms with Crippen LogP contribution < -0.4 is 0 Å². The van der Waals surface area contributed by atoms with E-state index in [1.165, 1.54) is 18.2 Å². The third-order valence-corrected chi connectivity index (χ3v) is 3.51. The quantitative estimate of drug-likeness (QED) is 0.693. The van der Waals surface area contributed by atoms with Crippen molar-refractivity contribution in [3.63, 3.8) is 0 Å². The van der Waals surface area contributed by atoms with E-state index in [-0.39, 0.29) is 11.6 Å². The van der Waals surface area contributed by atoms with Gasteiger partial charge < -0.3 is 4.57 Å². The zero-order valence-electron chi connectivity index (χ0n) is 9.78. The Kier molecular flexibility index (Phi) is 3.06. The van der Waals surface area contributed by atoms with Crippen molar-refractivity contribution in [2.75, 3.05) is 0 Å². The molecule has 2 nitrogen and oxygen atoms in total. The predicted molar refractivity (Wildman–Crippen MR) is 72.9 cm³/mol. The van der Waals surface area contributed by atoms with Gasteiger partial charge in [-0.2, -0.15) is 0 Å². The van der Waals surface area contributed by atoms with Gasteiger partial charge in [0.15, 0.2) is 0 Å². The van der Waals surface area contributed by atoms with Crippen LogP contribution in [0.4, 0.5) is 8.78 Å². The molecule has 1 aromatic heterocycles. The van der Waals surface area contributed by atoms with Crippen molar-refractivity contribution in [1.29, 1.82) is 0 Å². The molecule has 0 saturated carbocycles. The monoisotopic (exact) mass is 322 g/mol. The van der Waals surface area contributed by atoms with Gasteiger partial charge in [0.25, 0.3) is 0 Å². The van der Waals surface area contributed by atoms with Crippen LogP contribution >= 0.6 is 15.9 Å². The molecule has 0 amide bonds. The summed E-state index contributed by atoms with van der Waals surface area (Å²) in [5.41, 5.74) is 2.22. The Hall–Kier alpha value is -1.75. The van der Waals surface area contributed by atoms with E-state index in [1.807, 2.05) is 10.6 Å². The third-order valence-electron chi connectivity index (χ3n) is 2.91. The molecule has 0 aliphatic heterocycles. The van der Waals surface area contributed by atoms with Gasteiger partial charge in [-0.1, -0.05) is 12.1 Å². The van der Waals surface area contributed by atoms with Crippen LogP contribution in [0.2, 0.25) is 0 Å². The van der Waals surface area contributed by atoms with Crippen LogP contribution in [0.15, 0.2) is 47.2 Å². The van der Waals surface area contributed by atoms with Crippen molar-refractivity contribution in [2.45, 2.75) is 6.54 Å². The highest BCUT2D eigenvalue weighted by Gasteiger charge is 2.08. The lowest BCUT2D eigenvalue weighted by molar-refractivity contribution is 0.622. The molecule has 0 atom stereocenters. The minimum Gasteiger partial charge on any atom is -0.326 e. The molecule has 0 fully saturated rings. The summed E-state index contributed by atoms with van der Waals surface area (Å²) >= 11 is 3.16. The molecule has 3 rings (SSSR count). The highest BCUT2D eigenvalue weighted by Crippen LogP contribution is 2.23. The molecule has 0 N–H and O–H groups in total. The molecule has 0 aliphatic rings. The van der Waals surface area contributed by atoms with Gasteiger partial charge in [0, 0.05) is 12.6 Å². The molecule has 0 spiro atoms. The fourth-order valence-corrected chi connectivity index (χ4v) is 2.34. The molecule has 0 aliphatic carbocycles. The number of imidazole rings is 1. The number of halogens is 3. The molecule has 0 bridgehead atoms. The van der Waals surface area contributed by atoms with E-state index in [9.17, 15) is 8.78 Å². The molecule has 19 heavy (non-hydrogen) atoms. The molecule has 5 heteroatoms. The number of benzene rings is 2. The normalized spacial score (nSPS) is 11.1. The van der Waals surface area contributed by atoms with Crippen molar-refractivity contribution in [3.05, 3.63) is 64.4 Å². The lowest BCUT2D eigenvalue weighted by Crippen LogP contribution is -1.98. The first kappa shape index (κ1) is 12.3. The van der Waals surface area contributed by atoms with E-state index in [1.54, 1.807) is 18.5 Å². The second kappa shape index (κ2) is 4.74. The van der Waals surface area contributed by atoms with Crippen molar-refractivity contribution in [2.24, 2.45) is 0 Å². The molecule has 3 aromatic rings. The molecule has 0 unspecified atom stereocenters. The summed E-state index contributed by atoms with van der Waals surface area (Å²) in [4.78, 5) is 4.15. The number of rotatable bonds is 2. The second-order valence-corrected chi connectivity index (χ2v) is 5.11. The summed E-state index contributed by atoms with van der Waals surface area (Å²) in [6.45, 7) is 0.492. The molecular formula is C14H9BrF2N2. The van der Waals surface area contributed by atoms with E-state index in [0.717, 1.165) is 11.1 Å². The number of hydrogen-bond acceptors (Lipinski definition) is 1. The molecule has 2 aromatic carbocycles. The van der Waals surface area contributed by atoms with Crippen LogP contribution in [0.25, 0.3) is 11.0 Å². The van der Waals surface area contributed by atoms with Gasteiger partial charge in [0.2, 0.25) is 0 Å². The SMILES string of the molecule is Fc1cccc(Cn2cnc3cc(F)c(Br)cc32)c1. The van der Waals surface area contributed by atoms with Crippen LogP contribution in [0.3, 0.4) is 0 Å². The topological polar surface area (TPSA) is 17.8 Å². The zero-order valence-corrected chi connectivity index (χ0v) is 11.4. The van der Waals surface area contributed by atoms with Crippen molar-refractivity contribution >= 4 is 27.0 Å². The first-order valence-corrected chi connectivity index (χ1v) is 6.47. The Balaban J connectivity index is 2.04.